The number of rotatable bonds is 2. The molecule has 0 bridgehead atoms. The largest absolute Gasteiger partial charge is 0.462 e. The molecule has 0 unspecified atom stereocenters. The maximum Gasteiger partial charge on any atom is 0.345 e. The van der Waals surface area contributed by atoms with Gasteiger partial charge in [-0.3, -0.25) is 9.20 Å². The molecule has 5 nitrogen and oxygen atoms in total. The quantitative estimate of drug-likeness (QED) is 0.683. The summed E-state index contributed by atoms with van der Waals surface area (Å²) in [5, 5.41) is 0. The number of carbonyl (C=O) groups is 1. The highest BCUT2D eigenvalue weighted by molar-refractivity contribution is 7.23. The second-order valence-electron chi connectivity index (χ2n) is 4.82. The van der Waals surface area contributed by atoms with E-state index in [9.17, 15) is 9.59 Å². The fourth-order valence-corrected chi connectivity index (χ4v) is 3.27. The zero-order valence-electron chi connectivity index (χ0n) is 12.0. The Labute approximate surface area is 124 Å². The highest BCUT2D eigenvalue weighted by atomic mass is 32.1. The topological polar surface area (TPSA) is 60.7 Å². The van der Waals surface area contributed by atoms with E-state index in [2.05, 4.69) is 4.98 Å². The van der Waals surface area contributed by atoms with E-state index >= 15 is 0 Å². The SMILES string of the molecule is CCOC(=O)c1cnc2sc3cc(C)c(C)cc3n2c1=O. The van der Waals surface area contributed by atoms with Gasteiger partial charge in [0.1, 0.15) is 5.56 Å². The Balaban J connectivity index is 2.36. The lowest BCUT2D eigenvalue weighted by Gasteiger charge is -2.02. The molecule has 1 aromatic carbocycles. The number of fused-ring (bicyclic) bond motifs is 3. The molecule has 3 rings (SSSR count). The molecular formula is C15H14N2O3S. The first kappa shape index (κ1) is 13.8. The lowest BCUT2D eigenvalue weighted by atomic mass is 10.1. The van der Waals surface area contributed by atoms with Crippen LogP contribution in [0.15, 0.2) is 23.1 Å². The number of aromatic nitrogens is 2. The third kappa shape index (κ3) is 2.12. The van der Waals surface area contributed by atoms with Crippen LogP contribution >= 0.6 is 11.3 Å². The lowest BCUT2D eigenvalue weighted by molar-refractivity contribution is 0.0523. The Kier molecular flexibility index (Phi) is 3.25. The first-order valence-corrected chi connectivity index (χ1v) is 7.43. The number of hydrogen-bond acceptors (Lipinski definition) is 5. The molecule has 0 aliphatic rings. The van der Waals surface area contributed by atoms with Gasteiger partial charge in [-0.2, -0.15) is 0 Å². The van der Waals surface area contributed by atoms with Crippen LogP contribution in [0.1, 0.15) is 28.4 Å². The number of ether oxygens (including phenoxy) is 1. The molecule has 0 radical (unpaired) electrons. The lowest BCUT2D eigenvalue weighted by Crippen LogP contribution is -2.23. The number of esters is 1. The van der Waals surface area contributed by atoms with E-state index in [0.717, 1.165) is 21.3 Å². The minimum Gasteiger partial charge on any atom is -0.462 e. The summed E-state index contributed by atoms with van der Waals surface area (Å²) in [4.78, 5) is 29.2. The number of benzene rings is 1. The van der Waals surface area contributed by atoms with Crippen LogP contribution in [0, 0.1) is 13.8 Å². The molecule has 0 spiro atoms. The van der Waals surface area contributed by atoms with Crippen LogP contribution in [0.5, 0.6) is 0 Å². The van der Waals surface area contributed by atoms with E-state index in [1.54, 1.807) is 6.92 Å². The van der Waals surface area contributed by atoms with E-state index in [4.69, 9.17) is 4.74 Å². The zero-order chi connectivity index (χ0) is 15.1. The van der Waals surface area contributed by atoms with Crippen molar-refractivity contribution in [2.75, 3.05) is 6.61 Å². The van der Waals surface area contributed by atoms with Gasteiger partial charge in [0.25, 0.3) is 5.56 Å². The van der Waals surface area contributed by atoms with E-state index in [-0.39, 0.29) is 17.7 Å². The summed E-state index contributed by atoms with van der Waals surface area (Å²) in [6.07, 6.45) is 1.30. The van der Waals surface area contributed by atoms with Gasteiger partial charge in [-0.25, -0.2) is 9.78 Å². The van der Waals surface area contributed by atoms with Gasteiger partial charge in [0.05, 0.1) is 23.0 Å². The van der Waals surface area contributed by atoms with Crippen molar-refractivity contribution in [1.82, 2.24) is 9.38 Å². The number of aryl methyl sites for hydroxylation is 2. The minimum absolute atomic E-state index is 0.0349. The number of carbonyl (C=O) groups excluding carboxylic acids is 1. The van der Waals surface area contributed by atoms with Crippen molar-refractivity contribution in [2.45, 2.75) is 20.8 Å². The van der Waals surface area contributed by atoms with Gasteiger partial charge in [0.15, 0.2) is 4.96 Å². The first-order valence-electron chi connectivity index (χ1n) is 6.61. The van der Waals surface area contributed by atoms with E-state index < -0.39 is 5.97 Å². The predicted octanol–water partition coefficient (Wildman–Crippen LogP) is 2.70. The van der Waals surface area contributed by atoms with Crippen LogP contribution in [0.4, 0.5) is 0 Å². The Morgan fingerprint density at radius 3 is 2.76 bits per heavy atom. The Morgan fingerprint density at radius 1 is 1.33 bits per heavy atom. The second kappa shape index (κ2) is 4.96. The first-order chi connectivity index (χ1) is 10.0. The molecule has 0 aliphatic heterocycles. The molecule has 2 aromatic heterocycles. The fraction of sp³-hybridized carbons (Fsp3) is 0.267. The second-order valence-corrected chi connectivity index (χ2v) is 5.83. The van der Waals surface area contributed by atoms with Gasteiger partial charge in [0, 0.05) is 0 Å². The highest BCUT2D eigenvalue weighted by Gasteiger charge is 2.17. The molecule has 0 amide bonds. The summed E-state index contributed by atoms with van der Waals surface area (Å²) in [6.45, 7) is 5.95. The number of thiazole rings is 1. The van der Waals surface area contributed by atoms with E-state index in [1.165, 1.54) is 21.9 Å². The molecule has 0 saturated carbocycles. The van der Waals surface area contributed by atoms with Crippen LogP contribution in [0.25, 0.3) is 15.2 Å². The molecule has 0 aliphatic carbocycles. The molecule has 2 heterocycles. The van der Waals surface area contributed by atoms with Crippen molar-refractivity contribution < 1.29 is 9.53 Å². The summed E-state index contributed by atoms with van der Waals surface area (Å²) < 4.78 is 7.36. The average molecular weight is 302 g/mol. The molecule has 3 aromatic rings. The molecule has 0 N–H and O–H groups in total. The van der Waals surface area contributed by atoms with Crippen LogP contribution < -0.4 is 5.56 Å². The van der Waals surface area contributed by atoms with Crippen molar-refractivity contribution in [2.24, 2.45) is 0 Å². The molecule has 6 heteroatoms. The van der Waals surface area contributed by atoms with Crippen molar-refractivity contribution in [3.63, 3.8) is 0 Å². The zero-order valence-corrected chi connectivity index (χ0v) is 12.8. The van der Waals surface area contributed by atoms with Gasteiger partial charge < -0.3 is 4.74 Å². The van der Waals surface area contributed by atoms with Gasteiger partial charge in [0.2, 0.25) is 0 Å². The van der Waals surface area contributed by atoms with Crippen LogP contribution in [0.3, 0.4) is 0 Å². The predicted molar refractivity (Wildman–Crippen MR) is 82.3 cm³/mol. The monoisotopic (exact) mass is 302 g/mol. The number of hydrogen-bond donors (Lipinski definition) is 0. The molecule has 0 saturated heterocycles. The summed E-state index contributed by atoms with van der Waals surface area (Å²) >= 11 is 1.43. The maximum absolute atomic E-state index is 12.5. The smallest absolute Gasteiger partial charge is 0.345 e. The summed E-state index contributed by atoms with van der Waals surface area (Å²) in [6, 6.07) is 3.99. The highest BCUT2D eigenvalue weighted by Crippen LogP contribution is 2.26. The van der Waals surface area contributed by atoms with E-state index in [1.807, 2.05) is 26.0 Å². The normalized spacial score (nSPS) is 11.2. The Hall–Kier alpha value is -2.21. The summed E-state index contributed by atoms with van der Waals surface area (Å²) in [5.74, 6) is -0.632. The van der Waals surface area contributed by atoms with Gasteiger partial charge in [-0.15, -0.1) is 0 Å². The Morgan fingerprint density at radius 2 is 2.05 bits per heavy atom. The van der Waals surface area contributed by atoms with Crippen LogP contribution in [-0.4, -0.2) is 22.0 Å². The summed E-state index contributed by atoms with van der Waals surface area (Å²) in [5.41, 5.74) is 2.62. The minimum atomic E-state index is -0.632. The van der Waals surface area contributed by atoms with E-state index in [0.29, 0.717) is 4.96 Å². The standard InChI is InChI=1S/C15H14N2O3S/c1-4-20-14(19)10-7-16-15-17(13(10)18)11-5-8(2)9(3)6-12(11)21-15/h5-7H,4H2,1-3H3. The van der Waals surface area contributed by atoms with Crippen molar-refractivity contribution in [1.29, 1.82) is 0 Å². The van der Waals surface area contributed by atoms with Crippen molar-refractivity contribution in [3.05, 3.63) is 45.4 Å². The van der Waals surface area contributed by atoms with Crippen LogP contribution in [0.2, 0.25) is 0 Å². The third-order valence-corrected chi connectivity index (χ3v) is 4.46. The summed E-state index contributed by atoms with van der Waals surface area (Å²) in [7, 11) is 0. The fourth-order valence-electron chi connectivity index (χ4n) is 2.20. The molecule has 0 atom stereocenters. The van der Waals surface area contributed by atoms with Gasteiger partial charge in [-0.1, -0.05) is 11.3 Å². The van der Waals surface area contributed by atoms with Crippen molar-refractivity contribution >= 4 is 32.5 Å². The molecule has 108 valence electrons. The average Bonchev–Trinajstić information content (AvgIpc) is 2.78. The maximum atomic E-state index is 12.5. The van der Waals surface area contributed by atoms with Crippen LogP contribution in [-0.2, 0) is 4.74 Å². The number of nitrogens with zero attached hydrogens (tertiary/aromatic N) is 2. The molecular weight excluding hydrogens is 288 g/mol. The Bertz CT molecular complexity index is 924. The molecule has 0 fully saturated rings. The third-order valence-electron chi connectivity index (χ3n) is 3.44. The molecule has 21 heavy (non-hydrogen) atoms. The van der Waals surface area contributed by atoms with Crippen molar-refractivity contribution in [3.8, 4) is 0 Å². The van der Waals surface area contributed by atoms with Gasteiger partial charge in [-0.05, 0) is 44.0 Å². The van der Waals surface area contributed by atoms with Gasteiger partial charge >= 0.3 is 5.97 Å².